The topological polar surface area (TPSA) is 55.2 Å². The smallest absolute Gasteiger partial charge is 0.0964 e. The van der Waals surface area contributed by atoms with Crippen LogP contribution in [0.4, 0.5) is 0 Å². The molecule has 20 heavy (non-hydrogen) atoms. The van der Waals surface area contributed by atoms with Crippen LogP contribution >= 0.6 is 0 Å². The predicted molar refractivity (Wildman–Crippen MR) is 78.4 cm³/mol. The van der Waals surface area contributed by atoms with Crippen molar-refractivity contribution >= 4 is 0 Å². The molecule has 0 amide bonds. The van der Waals surface area contributed by atoms with Crippen LogP contribution in [0.1, 0.15) is 26.5 Å². The number of aromatic nitrogens is 3. The summed E-state index contributed by atoms with van der Waals surface area (Å²) in [7, 11) is 0. The summed E-state index contributed by atoms with van der Waals surface area (Å²) in [5.41, 5.74) is 0.988. The van der Waals surface area contributed by atoms with E-state index in [9.17, 15) is 0 Å². The first kappa shape index (κ1) is 15.4. The molecule has 0 aliphatic carbocycles. The number of hydrogen-bond acceptors (Lipinski definition) is 5. The van der Waals surface area contributed by atoms with Crippen LogP contribution in [0.5, 0.6) is 0 Å². The molecule has 1 fully saturated rings. The van der Waals surface area contributed by atoms with Gasteiger partial charge < -0.3 is 10.1 Å². The lowest BCUT2D eigenvalue weighted by molar-refractivity contribution is -0.0406. The lowest BCUT2D eigenvalue weighted by Gasteiger charge is -2.33. The van der Waals surface area contributed by atoms with Gasteiger partial charge in [0.25, 0.3) is 0 Å². The van der Waals surface area contributed by atoms with E-state index >= 15 is 0 Å². The number of nitrogens with zero attached hydrogens (tertiary/aromatic N) is 4. The zero-order valence-corrected chi connectivity index (χ0v) is 12.9. The molecule has 2 heterocycles. The van der Waals surface area contributed by atoms with Gasteiger partial charge in [-0.1, -0.05) is 26.0 Å². The molecule has 1 aromatic rings. The van der Waals surface area contributed by atoms with Crippen molar-refractivity contribution in [1.82, 2.24) is 25.2 Å². The maximum Gasteiger partial charge on any atom is 0.0964 e. The summed E-state index contributed by atoms with van der Waals surface area (Å²) in [5.74, 6) is 0.701. The van der Waals surface area contributed by atoms with Gasteiger partial charge in [-0.3, -0.25) is 4.90 Å². The highest BCUT2D eigenvalue weighted by atomic mass is 16.5. The van der Waals surface area contributed by atoms with Gasteiger partial charge in [-0.25, -0.2) is 4.68 Å². The highest BCUT2D eigenvalue weighted by Crippen LogP contribution is 2.09. The zero-order chi connectivity index (χ0) is 14.4. The minimum absolute atomic E-state index is 0.219. The van der Waals surface area contributed by atoms with Crippen LogP contribution in [0, 0.1) is 5.92 Å². The molecular formula is C14H27N5O. The van der Waals surface area contributed by atoms with Gasteiger partial charge in [0.05, 0.1) is 24.9 Å². The van der Waals surface area contributed by atoms with Crippen LogP contribution in [-0.4, -0.2) is 58.8 Å². The maximum atomic E-state index is 5.84. The van der Waals surface area contributed by atoms with Gasteiger partial charge in [0.15, 0.2) is 0 Å². The van der Waals surface area contributed by atoms with Gasteiger partial charge in [0, 0.05) is 32.4 Å². The Morgan fingerprint density at radius 3 is 3.10 bits per heavy atom. The van der Waals surface area contributed by atoms with Gasteiger partial charge >= 0.3 is 0 Å². The molecule has 1 unspecified atom stereocenters. The summed E-state index contributed by atoms with van der Waals surface area (Å²) in [6.45, 7) is 13.1. The maximum absolute atomic E-state index is 5.84. The van der Waals surface area contributed by atoms with Crippen molar-refractivity contribution in [2.24, 2.45) is 5.92 Å². The van der Waals surface area contributed by atoms with Gasteiger partial charge in [-0.05, 0) is 12.5 Å². The normalized spacial score (nSPS) is 20.7. The van der Waals surface area contributed by atoms with Gasteiger partial charge in [-0.2, -0.15) is 0 Å². The van der Waals surface area contributed by atoms with Gasteiger partial charge in [-0.15, -0.1) is 5.10 Å². The Kier molecular flexibility index (Phi) is 5.94. The fraction of sp³-hybridized carbons (Fsp3) is 0.857. The highest BCUT2D eigenvalue weighted by molar-refractivity contribution is 4.91. The highest BCUT2D eigenvalue weighted by Gasteiger charge is 2.21. The molecule has 114 valence electrons. The Morgan fingerprint density at radius 1 is 1.50 bits per heavy atom. The van der Waals surface area contributed by atoms with E-state index in [1.807, 2.05) is 10.9 Å². The van der Waals surface area contributed by atoms with Gasteiger partial charge in [0.1, 0.15) is 0 Å². The van der Waals surface area contributed by atoms with Crippen molar-refractivity contribution in [3.8, 4) is 0 Å². The second-order valence-corrected chi connectivity index (χ2v) is 5.86. The minimum atomic E-state index is 0.219. The quantitative estimate of drug-likeness (QED) is 0.799. The molecule has 1 aromatic heterocycles. The van der Waals surface area contributed by atoms with E-state index in [0.29, 0.717) is 5.92 Å². The first-order valence-corrected chi connectivity index (χ1v) is 7.61. The molecule has 2 rings (SSSR count). The largest absolute Gasteiger partial charge is 0.374 e. The van der Waals surface area contributed by atoms with Crippen LogP contribution < -0.4 is 5.32 Å². The van der Waals surface area contributed by atoms with E-state index in [2.05, 4.69) is 41.3 Å². The molecule has 0 radical (unpaired) electrons. The molecule has 0 saturated carbocycles. The number of ether oxygens (including phenoxy) is 1. The van der Waals surface area contributed by atoms with Crippen molar-refractivity contribution in [3.63, 3.8) is 0 Å². The molecule has 6 heteroatoms. The summed E-state index contributed by atoms with van der Waals surface area (Å²) in [6, 6.07) is 0. The molecular weight excluding hydrogens is 254 g/mol. The standard InChI is InChI=1S/C14H27N5O/c1-4-15-7-13-9-19(17-16-13)11-14-10-18(5-6-20-14)8-12(2)3/h9,12,14-15H,4-8,10-11H2,1-3H3. The second-order valence-electron chi connectivity index (χ2n) is 5.86. The van der Waals surface area contributed by atoms with Crippen molar-refractivity contribution in [3.05, 3.63) is 11.9 Å². The van der Waals surface area contributed by atoms with E-state index < -0.39 is 0 Å². The third-order valence-electron chi connectivity index (χ3n) is 3.38. The minimum Gasteiger partial charge on any atom is -0.374 e. The average Bonchev–Trinajstić information content (AvgIpc) is 2.83. The summed E-state index contributed by atoms with van der Waals surface area (Å²) >= 11 is 0. The predicted octanol–water partition coefficient (Wildman–Crippen LogP) is 0.744. The van der Waals surface area contributed by atoms with Crippen LogP contribution in [0.25, 0.3) is 0 Å². The Bertz CT molecular complexity index is 393. The Labute approximate surface area is 121 Å². The molecule has 1 N–H and O–H groups in total. The number of nitrogens with one attached hydrogen (secondary N) is 1. The van der Waals surface area contributed by atoms with Crippen molar-refractivity contribution in [1.29, 1.82) is 0 Å². The number of rotatable bonds is 7. The van der Waals surface area contributed by atoms with Crippen LogP contribution in [0.15, 0.2) is 6.20 Å². The monoisotopic (exact) mass is 281 g/mol. The second kappa shape index (κ2) is 7.71. The van der Waals surface area contributed by atoms with Crippen molar-refractivity contribution in [2.75, 3.05) is 32.8 Å². The van der Waals surface area contributed by atoms with Crippen LogP contribution in [0.3, 0.4) is 0 Å². The van der Waals surface area contributed by atoms with E-state index in [-0.39, 0.29) is 6.10 Å². The molecule has 6 nitrogen and oxygen atoms in total. The SMILES string of the molecule is CCNCc1cn(CC2CN(CC(C)C)CCO2)nn1. The first-order valence-electron chi connectivity index (χ1n) is 7.61. The fourth-order valence-corrected chi connectivity index (χ4v) is 2.54. The summed E-state index contributed by atoms with van der Waals surface area (Å²) < 4.78 is 7.74. The van der Waals surface area contributed by atoms with E-state index in [1.54, 1.807) is 0 Å². The lowest BCUT2D eigenvalue weighted by atomic mass is 10.2. The Hall–Kier alpha value is -0.980. The summed E-state index contributed by atoms with van der Waals surface area (Å²) in [5, 5.41) is 11.6. The third-order valence-corrected chi connectivity index (χ3v) is 3.38. The molecule has 0 aromatic carbocycles. The molecule has 1 atom stereocenters. The number of morpholine rings is 1. The van der Waals surface area contributed by atoms with Gasteiger partial charge in [0.2, 0.25) is 0 Å². The van der Waals surface area contributed by atoms with Crippen molar-refractivity contribution in [2.45, 2.75) is 40.0 Å². The summed E-state index contributed by atoms with van der Waals surface area (Å²) in [6.07, 6.45) is 2.23. The van der Waals surface area contributed by atoms with Crippen LogP contribution in [-0.2, 0) is 17.8 Å². The average molecular weight is 281 g/mol. The Morgan fingerprint density at radius 2 is 2.35 bits per heavy atom. The first-order chi connectivity index (χ1) is 9.67. The van der Waals surface area contributed by atoms with E-state index in [0.717, 1.165) is 51.6 Å². The van der Waals surface area contributed by atoms with Crippen molar-refractivity contribution < 1.29 is 4.74 Å². The zero-order valence-electron chi connectivity index (χ0n) is 12.9. The molecule has 1 aliphatic heterocycles. The van der Waals surface area contributed by atoms with Crippen LogP contribution in [0.2, 0.25) is 0 Å². The van der Waals surface area contributed by atoms with E-state index in [4.69, 9.17) is 4.74 Å². The summed E-state index contributed by atoms with van der Waals surface area (Å²) in [4.78, 5) is 2.48. The third kappa shape index (κ3) is 4.85. The fourth-order valence-electron chi connectivity index (χ4n) is 2.54. The lowest BCUT2D eigenvalue weighted by Crippen LogP contribution is -2.45. The molecule has 0 bridgehead atoms. The Balaban J connectivity index is 1.81. The number of hydrogen-bond donors (Lipinski definition) is 1. The van der Waals surface area contributed by atoms with E-state index in [1.165, 1.54) is 0 Å². The molecule has 0 spiro atoms. The molecule has 1 aliphatic rings. The molecule has 1 saturated heterocycles.